The van der Waals surface area contributed by atoms with E-state index in [-0.39, 0.29) is 0 Å². The standard InChI is InChI=1S/C3H9NO2.C2H4O2/c4-2-1-3(5)6;1-2(3)4/h3,5-6H,1-2,4H2;1H3,(H,3,4). The van der Waals surface area contributed by atoms with Crippen molar-refractivity contribution in [2.45, 2.75) is 19.6 Å². The first-order valence-electron chi connectivity index (χ1n) is 2.83. The lowest BCUT2D eigenvalue weighted by Crippen LogP contribution is -2.51. The molecule has 0 rings (SSSR count). The number of quaternary nitrogens is 1. The van der Waals surface area contributed by atoms with Gasteiger partial charge >= 0.3 is 0 Å². The predicted octanol–water partition coefficient (Wildman–Crippen LogP) is -3.31. The van der Waals surface area contributed by atoms with Crippen LogP contribution in [0.5, 0.6) is 0 Å². The van der Waals surface area contributed by atoms with Gasteiger partial charge in [0, 0.05) is 12.4 Å². The minimum absolute atomic E-state index is 0.375. The second kappa shape index (κ2) is 8.35. The lowest BCUT2D eigenvalue weighted by molar-refractivity contribution is -0.374. The maximum Gasteiger partial charge on any atom is 0.156 e. The molecule has 0 fully saturated rings. The molecule has 0 atom stereocenters. The van der Waals surface area contributed by atoms with Crippen molar-refractivity contribution in [2.75, 3.05) is 6.54 Å². The van der Waals surface area contributed by atoms with Crippen LogP contribution < -0.4 is 10.8 Å². The van der Waals surface area contributed by atoms with Crippen LogP contribution in [0.4, 0.5) is 0 Å². The van der Waals surface area contributed by atoms with E-state index in [2.05, 4.69) is 5.73 Å². The molecule has 10 heavy (non-hydrogen) atoms. The Hall–Kier alpha value is -0.650. The van der Waals surface area contributed by atoms with Crippen LogP contribution in [-0.4, -0.2) is 29.0 Å². The lowest BCUT2D eigenvalue weighted by Gasteiger charge is -1.93. The van der Waals surface area contributed by atoms with E-state index in [0.717, 1.165) is 6.92 Å². The maximum absolute atomic E-state index is 8.89. The molecule has 0 bridgehead atoms. The van der Waals surface area contributed by atoms with E-state index in [1.54, 1.807) is 0 Å². The highest BCUT2D eigenvalue weighted by Gasteiger charge is 1.91. The minimum Gasteiger partial charge on any atom is -0.550 e. The lowest BCUT2D eigenvalue weighted by atomic mass is 10.4. The molecular weight excluding hydrogens is 138 g/mol. The predicted molar refractivity (Wildman–Crippen MR) is 31.3 cm³/mol. The molecule has 0 aromatic rings. The van der Waals surface area contributed by atoms with Gasteiger partial charge in [-0.25, -0.2) is 0 Å². The zero-order chi connectivity index (χ0) is 8.57. The first-order valence-corrected chi connectivity index (χ1v) is 2.83. The zero-order valence-corrected chi connectivity index (χ0v) is 5.91. The van der Waals surface area contributed by atoms with Gasteiger partial charge < -0.3 is 25.8 Å². The van der Waals surface area contributed by atoms with Crippen LogP contribution in [0.3, 0.4) is 0 Å². The third-order valence-corrected chi connectivity index (χ3v) is 0.462. The fraction of sp³-hybridized carbons (Fsp3) is 0.800. The van der Waals surface area contributed by atoms with Gasteiger partial charge in [0.15, 0.2) is 6.29 Å². The van der Waals surface area contributed by atoms with Crippen molar-refractivity contribution in [3.05, 3.63) is 0 Å². The SMILES string of the molecule is CC(=O)[O-].[NH3+]CCC(O)O. The van der Waals surface area contributed by atoms with Crippen LogP contribution in [-0.2, 0) is 4.79 Å². The highest BCUT2D eigenvalue weighted by molar-refractivity contribution is 5.60. The molecule has 5 heteroatoms. The second-order valence-corrected chi connectivity index (χ2v) is 1.61. The summed E-state index contributed by atoms with van der Waals surface area (Å²) in [5.74, 6) is -1.08. The molecule has 0 radical (unpaired) electrons. The molecule has 5 N–H and O–H groups in total. The van der Waals surface area contributed by atoms with Crippen molar-refractivity contribution in [3.8, 4) is 0 Å². The summed E-state index contributed by atoms with van der Waals surface area (Å²) in [5.41, 5.74) is 3.41. The van der Waals surface area contributed by atoms with Gasteiger partial charge in [-0.2, -0.15) is 0 Å². The van der Waals surface area contributed by atoms with Gasteiger partial charge in [0.05, 0.1) is 6.54 Å². The van der Waals surface area contributed by atoms with Crippen LogP contribution in [0.25, 0.3) is 0 Å². The van der Waals surface area contributed by atoms with Crippen LogP contribution in [0.1, 0.15) is 13.3 Å². The Morgan fingerprint density at radius 3 is 2.00 bits per heavy atom. The molecule has 0 saturated heterocycles. The normalized spacial score (nSPS) is 8.50. The summed E-state index contributed by atoms with van der Waals surface area (Å²) in [5, 5.41) is 25.0. The average molecular weight is 151 g/mol. The summed E-state index contributed by atoms with van der Waals surface area (Å²) in [6.45, 7) is 1.55. The van der Waals surface area contributed by atoms with E-state index in [9.17, 15) is 0 Å². The largest absolute Gasteiger partial charge is 0.550 e. The number of carboxylic acid groups (broad SMARTS) is 1. The number of aliphatic hydroxyl groups is 2. The molecule has 0 amide bonds. The van der Waals surface area contributed by atoms with Gasteiger partial charge in [0.25, 0.3) is 0 Å². The van der Waals surface area contributed by atoms with E-state index < -0.39 is 12.3 Å². The second-order valence-electron chi connectivity index (χ2n) is 1.61. The van der Waals surface area contributed by atoms with Crippen molar-refractivity contribution in [3.63, 3.8) is 0 Å². The average Bonchev–Trinajstić information content (AvgIpc) is 1.62. The topological polar surface area (TPSA) is 108 Å². The molecule has 0 aliphatic rings. The number of aliphatic hydroxyl groups excluding tert-OH is 1. The molecule has 5 nitrogen and oxygen atoms in total. The third-order valence-electron chi connectivity index (χ3n) is 0.462. The van der Waals surface area contributed by atoms with Gasteiger partial charge in [-0.15, -0.1) is 0 Å². The van der Waals surface area contributed by atoms with E-state index in [4.69, 9.17) is 20.1 Å². The molecule has 0 aliphatic heterocycles. The van der Waals surface area contributed by atoms with Crippen molar-refractivity contribution < 1.29 is 25.8 Å². The molecule has 0 aromatic carbocycles. The number of carboxylic acids is 1. The van der Waals surface area contributed by atoms with Gasteiger partial charge in [0.2, 0.25) is 0 Å². The first kappa shape index (κ1) is 12.1. The fourth-order valence-electron chi connectivity index (χ4n) is 0.183. The summed E-state index contributed by atoms with van der Waals surface area (Å²) >= 11 is 0. The maximum atomic E-state index is 8.89. The van der Waals surface area contributed by atoms with Crippen LogP contribution in [0.15, 0.2) is 0 Å². The number of hydrogen-bond donors (Lipinski definition) is 3. The number of carbonyl (C=O) groups is 1. The number of aliphatic carboxylic acids is 1. The monoisotopic (exact) mass is 151 g/mol. The fourth-order valence-corrected chi connectivity index (χ4v) is 0.183. The van der Waals surface area contributed by atoms with Crippen LogP contribution >= 0.6 is 0 Å². The van der Waals surface area contributed by atoms with Gasteiger partial charge in [-0.1, -0.05) is 0 Å². The summed E-state index contributed by atoms with van der Waals surface area (Å²) in [6.07, 6.45) is -0.789. The first-order chi connectivity index (χ1) is 4.50. The molecule has 0 heterocycles. The van der Waals surface area contributed by atoms with E-state index >= 15 is 0 Å². The Morgan fingerprint density at radius 2 is 2.00 bits per heavy atom. The number of carbonyl (C=O) groups excluding carboxylic acids is 1. The van der Waals surface area contributed by atoms with Gasteiger partial charge in [-0.3, -0.25) is 0 Å². The smallest absolute Gasteiger partial charge is 0.156 e. The quantitative estimate of drug-likeness (QED) is 0.359. The van der Waals surface area contributed by atoms with Crippen LogP contribution in [0, 0.1) is 0 Å². The summed E-state index contributed by atoms with van der Waals surface area (Å²) in [6, 6.07) is 0. The summed E-state index contributed by atoms with van der Waals surface area (Å²) in [4.78, 5) is 8.89. The third kappa shape index (κ3) is 53.7. The summed E-state index contributed by atoms with van der Waals surface area (Å²) in [7, 11) is 0. The van der Waals surface area contributed by atoms with E-state index in [0.29, 0.717) is 13.0 Å². The molecule has 0 saturated carbocycles. The molecule has 0 unspecified atom stereocenters. The molecule has 62 valence electrons. The number of hydrogen-bond acceptors (Lipinski definition) is 4. The minimum atomic E-state index is -1.16. The van der Waals surface area contributed by atoms with Gasteiger partial charge in [0.1, 0.15) is 0 Å². The Bertz CT molecular complexity index is 79.7. The Balaban J connectivity index is 0. The zero-order valence-electron chi connectivity index (χ0n) is 5.91. The van der Waals surface area contributed by atoms with Crippen molar-refractivity contribution in [1.82, 2.24) is 0 Å². The van der Waals surface area contributed by atoms with E-state index in [1.165, 1.54) is 0 Å². The number of rotatable bonds is 2. The molecule has 0 aromatic heterocycles. The van der Waals surface area contributed by atoms with Gasteiger partial charge in [-0.05, 0) is 6.92 Å². The van der Waals surface area contributed by atoms with Crippen molar-refractivity contribution >= 4 is 5.97 Å². The van der Waals surface area contributed by atoms with Crippen LogP contribution in [0.2, 0.25) is 0 Å². The van der Waals surface area contributed by atoms with Crippen molar-refractivity contribution in [2.24, 2.45) is 0 Å². The Morgan fingerprint density at radius 1 is 1.70 bits per heavy atom. The Kier molecular flexibility index (Phi) is 10.1. The highest BCUT2D eigenvalue weighted by atomic mass is 16.5. The summed E-state index contributed by atoms with van der Waals surface area (Å²) < 4.78 is 0. The highest BCUT2D eigenvalue weighted by Crippen LogP contribution is 1.76. The van der Waals surface area contributed by atoms with Crippen molar-refractivity contribution in [1.29, 1.82) is 0 Å². The molecule has 0 aliphatic carbocycles. The van der Waals surface area contributed by atoms with E-state index in [1.807, 2.05) is 0 Å². The Labute approximate surface area is 59.1 Å². The molecule has 0 spiro atoms. The molecular formula is C5H13NO4.